The maximum Gasteiger partial charge on any atom is 0.160 e. The van der Waals surface area contributed by atoms with Gasteiger partial charge in [0.25, 0.3) is 0 Å². The molecule has 0 radical (unpaired) electrons. The Morgan fingerprint density at radius 1 is 1.33 bits per heavy atom. The van der Waals surface area contributed by atoms with Gasteiger partial charge in [-0.05, 0) is 24.7 Å². The van der Waals surface area contributed by atoms with Crippen molar-refractivity contribution in [3.63, 3.8) is 0 Å². The quantitative estimate of drug-likeness (QED) is 0.631. The van der Waals surface area contributed by atoms with Crippen LogP contribution in [-0.4, -0.2) is 19.5 Å². The van der Waals surface area contributed by atoms with E-state index in [1.807, 2.05) is 0 Å². The van der Waals surface area contributed by atoms with Crippen LogP contribution in [0.3, 0.4) is 0 Å². The summed E-state index contributed by atoms with van der Waals surface area (Å²) in [4.78, 5) is 0. The zero-order chi connectivity index (χ0) is 8.55. The summed E-state index contributed by atoms with van der Waals surface area (Å²) in [6.45, 7) is 6.39. The van der Waals surface area contributed by atoms with Gasteiger partial charge in [0.2, 0.25) is 0 Å². The van der Waals surface area contributed by atoms with Crippen molar-refractivity contribution in [1.29, 1.82) is 0 Å². The average Bonchev–Trinajstić information content (AvgIpc) is 2.52. The van der Waals surface area contributed by atoms with Crippen LogP contribution in [-0.2, 0) is 9.47 Å². The third kappa shape index (κ3) is 1.50. The van der Waals surface area contributed by atoms with E-state index in [1.165, 1.54) is 12.8 Å². The largest absolute Gasteiger partial charge is 0.352 e. The molecule has 0 aromatic rings. The topological polar surface area (TPSA) is 18.5 Å². The van der Waals surface area contributed by atoms with Gasteiger partial charge in [-0.3, -0.25) is 0 Å². The molecule has 2 heteroatoms. The molecule has 2 nitrogen and oxygen atoms in total. The number of fused-ring (bicyclic) bond motifs is 1. The van der Waals surface area contributed by atoms with E-state index in [1.54, 1.807) is 0 Å². The summed E-state index contributed by atoms with van der Waals surface area (Å²) in [6, 6.07) is 0. The van der Waals surface area contributed by atoms with Gasteiger partial charge in [0, 0.05) is 5.92 Å². The van der Waals surface area contributed by atoms with E-state index >= 15 is 0 Å². The molecule has 70 valence electrons. The lowest BCUT2D eigenvalue weighted by Gasteiger charge is -2.16. The summed E-state index contributed by atoms with van der Waals surface area (Å²) >= 11 is 0. The first-order chi connectivity index (χ1) is 5.77. The Morgan fingerprint density at radius 2 is 2.17 bits per heavy atom. The van der Waals surface area contributed by atoms with Crippen molar-refractivity contribution in [2.75, 3.05) is 13.2 Å². The third-order valence-corrected chi connectivity index (χ3v) is 2.94. The van der Waals surface area contributed by atoms with Crippen LogP contribution in [0.5, 0.6) is 0 Å². The minimum Gasteiger partial charge on any atom is -0.352 e. The third-order valence-electron chi connectivity index (χ3n) is 2.94. The molecule has 0 amide bonds. The van der Waals surface area contributed by atoms with Gasteiger partial charge in [-0.1, -0.05) is 13.8 Å². The SMILES string of the molecule is CC(C)C[C@@H]1CO[C@H]2OCC[C@@H]12. The Labute approximate surface area is 74.2 Å². The van der Waals surface area contributed by atoms with E-state index < -0.39 is 0 Å². The average molecular weight is 170 g/mol. The van der Waals surface area contributed by atoms with Crippen LogP contribution in [0, 0.1) is 17.8 Å². The Balaban J connectivity index is 1.91. The van der Waals surface area contributed by atoms with Gasteiger partial charge < -0.3 is 9.47 Å². The molecule has 0 unspecified atom stereocenters. The van der Waals surface area contributed by atoms with Crippen molar-refractivity contribution in [2.24, 2.45) is 17.8 Å². The second kappa shape index (κ2) is 3.35. The number of rotatable bonds is 2. The van der Waals surface area contributed by atoms with Gasteiger partial charge in [0.05, 0.1) is 13.2 Å². The second-order valence-corrected chi connectivity index (χ2v) is 4.41. The van der Waals surface area contributed by atoms with Crippen LogP contribution in [0.15, 0.2) is 0 Å². The van der Waals surface area contributed by atoms with Crippen molar-refractivity contribution in [2.45, 2.75) is 33.0 Å². The minimum absolute atomic E-state index is 0.147. The lowest BCUT2D eigenvalue weighted by atomic mass is 9.87. The lowest BCUT2D eigenvalue weighted by molar-refractivity contribution is -0.0905. The smallest absolute Gasteiger partial charge is 0.160 e. The monoisotopic (exact) mass is 170 g/mol. The molecule has 2 fully saturated rings. The zero-order valence-electron chi connectivity index (χ0n) is 7.95. The van der Waals surface area contributed by atoms with Crippen molar-refractivity contribution in [3.8, 4) is 0 Å². The molecule has 0 aromatic heterocycles. The normalized spacial score (nSPS) is 40.8. The van der Waals surface area contributed by atoms with Crippen LogP contribution in [0.4, 0.5) is 0 Å². The first-order valence-corrected chi connectivity index (χ1v) is 5.00. The highest BCUT2D eigenvalue weighted by Gasteiger charge is 2.41. The van der Waals surface area contributed by atoms with Crippen LogP contribution >= 0.6 is 0 Å². The molecule has 0 spiro atoms. The number of ether oxygens (including phenoxy) is 2. The number of hydrogen-bond acceptors (Lipinski definition) is 2. The van der Waals surface area contributed by atoms with Crippen molar-refractivity contribution in [3.05, 3.63) is 0 Å². The molecule has 0 saturated carbocycles. The molecule has 2 aliphatic rings. The highest BCUT2D eigenvalue weighted by Crippen LogP contribution is 2.38. The maximum atomic E-state index is 5.57. The molecule has 2 heterocycles. The molecule has 2 aliphatic heterocycles. The Hall–Kier alpha value is -0.0800. The van der Waals surface area contributed by atoms with Crippen LogP contribution in [0.25, 0.3) is 0 Å². The highest BCUT2D eigenvalue weighted by atomic mass is 16.7. The van der Waals surface area contributed by atoms with E-state index in [2.05, 4.69) is 13.8 Å². The lowest BCUT2D eigenvalue weighted by Crippen LogP contribution is -2.16. The Morgan fingerprint density at radius 3 is 2.92 bits per heavy atom. The number of hydrogen-bond donors (Lipinski definition) is 0. The summed E-state index contributed by atoms with van der Waals surface area (Å²) < 4.78 is 11.0. The Kier molecular flexibility index (Phi) is 2.37. The van der Waals surface area contributed by atoms with Crippen LogP contribution < -0.4 is 0 Å². The summed E-state index contributed by atoms with van der Waals surface area (Å²) in [6.07, 6.45) is 2.65. The van der Waals surface area contributed by atoms with Crippen molar-refractivity contribution in [1.82, 2.24) is 0 Å². The summed E-state index contributed by atoms with van der Waals surface area (Å²) in [5.41, 5.74) is 0. The molecular formula is C10H18O2. The van der Waals surface area contributed by atoms with E-state index in [-0.39, 0.29) is 6.29 Å². The maximum absolute atomic E-state index is 5.57. The summed E-state index contributed by atoms with van der Waals surface area (Å²) in [5, 5.41) is 0. The zero-order valence-corrected chi connectivity index (χ0v) is 7.95. The van der Waals surface area contributed by atoms with Gasteiger partial charge in [0.1, 0.15) is 0 Å². The first-order valence-electron chi connectivity index (χ1n) is 5.00. The standard InChI is InChI=1S/C10H18O2/c1-7(2)5-8-6-12-10-9(8)3-4-11-10/h7-10H,3-6H2,1-2H3/t8-,9+,10-/m1/s1. The van der Waals surface area contributed by atoms with Crippen LogP contribution in [0.1, 0.15) is 26.7 Å². The van der Waals surface area contributed by atoms with Gasteiger partial charge in [0.15, 0.2) is 6.29 Å². The van der Waals surface area contributed by atoms with Gasteiger partial charge in [-0.2, -0.15) is 0 Å². The molecule has 0 aliphatic carbocycles. The van der Waals surface area contributed by atoms with Gasteiger partial charge >= 0.3 is 0 Å². The van der Waals surface area contributed by atoms with E-state index in [0.29, 0.717) is 5.92 Å². The molecule has 0 bridgehead atoms. The van der Waals surface area contributed by atoms with Crippen LogP contribution in [0.2, 0.25) is 0 Å². The Bertz CT molecular complexity index is 156. The second-order valence-electron chi connectivity index (χ2n) is 4.41. The minimum atomic E-state index is 0.147. The molecule has 0 N–H and O–H groups in total. The molecule has 0 aromatic carbocycles. The highest BCUT2D eigenvalue weighted by molar-refractivity contribution is 4.83. The van der Waals surface area contributed by atoms with E-state index in [4.69, 9.17) is 9.47 Å². The van der Waals surface area contributed by atoms with Crippen molar-refractivity contribution >= 4 is 0 Å². The predicted octanol–water partition coefficient (Wildman–Crippen LogP) is 2.04. The fourth-order valence-electron chi connectivity index (χ4n) is 2.40. The molecule has 12 heavy (non-hydrogen) atoms. The van der Waals surface area contributed by atoms with Crippen molar-refractivity contribution < 1.29 is 9.47 Å². The van der Waals surface area contributed by atoms with E-state index in [0.717, 1.165) is 25.0 Å². The fourth-order valence-corrected chi connectivity index (χ4v) is 2.40. The molecule has 2 rings (SSSR count). The van der Waals surface area contributed by atoms with E-state index in [9.17, 15) is 0 Å². The molecule has 3 atom stereocenters. The van der Waals surface area contributed by atoms with Gasteiger partial charge in [-0.15, -0.1) is 0 Å². The summed E-state index contributed by atoms with van der Waals surface area (Å²) in [7, 11) is 0. The molecular weight excluding hydrogens is 152 g/mol. The van der Waals surface area contributed by atoms with Gasteiger partial charge in [-0.25, -0.2) is 0 Å². The summed E-state index contributed by atoms with van der Waals surface area (Å²) in [5.74, 6) is 2.25. The first kappa shape index (κ1) is 8.52. The predicted molar refractivity (Wildman–Crippen MR) is 46.7 cm³/mol. The fraction of sp³-hybridized carbons (Fsp3) is 1.00. The molecule has 2 saturated heterocycles.